The zero-order valence-corrected chi connectivity index (χ0v) is 11.0. The zero-order chi connectivity index (χ0) is 12.5. The number of hydrogen-bond donors (Lipinski definition) is 2. The fourth-order valence-corrected chi connectivity index (χ4v) is 4.13. The summed E-state index contributed by atoms with van der Waals surface area (Å²) in [6.45, 7) is 4.66. The van der Waals surface area contributed by atoms with Crippen LogP contribution in [-0.4, -0.2) is 48.2 Å². The van der Waals surface area contributed by atoms with Gasteiger partial charge in [0.2, 0.25) is 0 Å². The van der Waals surface area contributed by atoms with Crippen LogP contribution in [0.1, 0.15) is 32.1 Å². The SMILES string of the molecule is O=C(O)C1CCCC1CNC1CCN2CCC1C2. The van der Waals surface area contributed by atoms with E-state index in [1.54, 1.807) is 0 Å². The highest BCUT2D eigenvalue weighted by Crippen LogP contribution is 2.32. The molecule has 4 heteroatoms. The minimum absolute atomic E-state index is 0.0961. The molecular formula is C14H24N2O2. The predicted octanol–water partition coefficient (Wildman–Crippen LogP) is 1.17. The number of nitrogens with zero attached hydrogens (tertiary/aromatic N) is 1. The van der Waals surface area contributed by atoms with Crippen LogP contribution in [0, 0.1) is 17.8 Å². The molecule has 3 rings (SSSR count). The van der Waals surface area contributed by atoms with E-state index >= 15 is 0 Å². The van der Waals surface area contributed by atoms with Crippen LogP contribution in [0.3, 0.4) is 0 Å². The molecular weight excluding hydrogens is 228 g/mol. The Hall–Kier alpha value is -0.610. The molecule has 3 aliphatic rings. The quantitative estimate of drug-likeness (QED) is 0.788. The van der Waals surface area contributed by atoms with E-state index in [0.29, 0.717) is 12.0 Å². The molecule has 4 nitrogen and oxygen atoms in total. The van der Waals surface area contributed by atoms with Gasteiger partial charge < -0.3 is 15.3 Å². The third kappa shape index (κ3) is 2.41. The molecule has 5 unspecified atom stereocenters. The van der Waals surface area contributed by atoms with Crippen LogP contribution < -0.4 is 5.32 Å². The van der Waals surface area contributed by atoms with Crippen LogP contribution in [0.4, 0.5) is 0 Å². The van der Waals surface area contributed by atoms with Crippen molar-refractivity contribution < 1.29 is 9.90 Å². The third-order valence-corrected chi connectivity index (χ3v) is 5.25. The monoisotopic (exact) mass is 252 g/mol. The number of carboxylic acid groups (broad SMARTS) is 1. The van der Waals surface area contributed by atoms with Gasteiger partial charge in [0.15, 0.2) is 0 Å². The first-order chi connectivity index (χ1) is 8.74. The number of fused-ring (bicyclic) bond motifs is 2. The molecule has 0 radical (unpaired) electrons. The molecule has 3 fully saturated rings. The molecule has 2 N–H and O–H groups in total. The number of hydrogen-bond acceptors (Lipinski definition) is 3. The molecule has 102 valence electrons. The van der Waals surface area contributed by atoms with Crippen LogP contribution in [-0.2, 0) is 4.79 Å². The summed E-state index contributed by atoms with van der Waals surface area (Å²) < 4.78 is 0. The first-order valence-corrected chi connectivity index (χ1v) is 7.42. The Morgan fingerprint density at radius 2 is 2.06 bits per heavy atom. The van der Waals surface area contributed by atoms with Crippen molar-refractivity contribution in [2.24, 2.45) is 17.8 Å². The van der Waals surface area contributed by atoms with Crippen molar-refractivity contribution in [3.63, 3.8) is 0 Å². The van der Waals surface area contributed by atoms with Gasteiger partial charge in [0.1, 0.15) is 0 Å². The zero-order valence-electron chi connectivity index (χ0n) is 11.0. The molecule has 0 aromatic carbocycles. The lowest BCUT2D eigenvalue weighted by Gasteiger charge is -2.32. The van der Waals surface area contributed by atoms with Gasteiger partial charge in [0, 0.05) is 12.6 Å². The van der Waals surface area contributed by atoms with Crippen LogP contribution in [0.25, 0.3) is 0 Å². The molecule has 5 atom stereocenters. The number of carboxylic acids is 1. The minimum Gasteiger partial charge on any atom is -0.481 e. The first kappa shape index (κ1) is 12.4. The lowest BCUT2D eigenvalue weighted by molar-refractivity contribution is -0.142. The summed E-state index contributed by atoms with van der Waals surface area (Å²) in [5, 5.41) is 12.9. The Morgan fingerprint density at radius 3 is 2.89 bits per heavy atom. The Labute approximate surface area is 109 Å². The van der Waals surface area contributed by atoms with E-state index in [2.05, 4.69) is 10.2 Å². The second kappa shape index (κ2) is 5.17. The Balaban J connectivity index is 1.50. The van der Waals surface area contributed by atoms with Crippen LogP contribution in [0.5, 0.6) is 0 Å². The number of rotatable bonds is 4. The number of piperidine rings is 1. The number of nitrogens with one attached hydrogen (secondary N) is 1. The second-order valence-electron chi connectivity index (χ2n) is 6.29. The summed E-state index contributed by atoms with van der Waals surface area (Å²) in [7, 11) is 0. The van der Waals surface area contributed by atoms with Crippen molar-refractivity contribution in [3.8, 4) is 0 Å². The summed E-state index contributed by atoms with van der Waals surface area (Å²) in [6, 6.07) is 0.638. The van der Waals surface area contributed by atoms with Gasteiger partial charge in [-0.3, -0.25) is 4.79 Å². The Bertz CT molecular complexity index is 321. The van der Waals surface area contributed by atoms with Crippen molar-refractivity contribution in [1.82, 2.24) is 10.2 Å². The topological polar surface area (TPSA) is 52.6 Å². The molecule has 1 aliphatic carbocycles. The van der Waals surface area contributed by atoms with Gasteiger partial charge >= 0.3 is 5.97 Å². The van der Waals surface area contributed by atoms with Gasteiger partial charge in [0.05, 0.1) is 5.92 Å². The van der Waals surface area contributed by atoms with Gasteiger partial charge in [-0.25, -0.2) is 0 Å². The van der Waals surface area contributed by atoms with Gasteiger partial charge in [-0.1, -0.05) is 6.42 Å². The molecule has 2 heterocycles. The van der Waals surface area contributed by atoms with Crippen LogP contribution in [0.2, 0.25) is 0 Å². The Kier molecular flexibility index (Phi) is 3.57. The smallest absolute Gasteiger partial charge is 0.306 e. The summed E-state index contributed by atoms with van der Waals surface area (Å²) in [5.41, 5.74) is 0. The molecule has 0 aromatic rings. The van der Waals surface area contributed by atoms with E-state index in [0.717, 1.165) is 31.7 Å². The minimum atomic E-state index is -0.588. The lowest BCUT2D eigenvalue weighted by atomic mass is 9.91. The molecule has 0 spiro atoms. The predicted molar refractivity (Wildman–Crippen MR) is 69.4 cm³/mol. The summed E-state index contributed by atoms with van der Waals surface area (Å²) in [4.78, 5) is 13.7. The fourth-order valence-electron chi connectivity index (χ4n) is 4.13. The fraction of sp³-hybridized carbons (Fsp3) is 0.929. The maximum atomic E-state index is 11.2. The first-order valence-electron chi connectivity index (χ1n) is 7.42. The van der Waals surface area contributed by atoms with Crippen LogP contribution >= 0.6 is 0 Å². The Morgan fingerprint density at radius 1 is 1.22 bits per heavy atom. The van der Waals surface area contributed by atoms with Gasteiger partial charge in [-0.2, -0.15) is 0 Å². The highest BCUT2D eigenvalue weighted by molar-refractivity contribution is 5.70. The summed E-state index contributed by atoms with van der Waals surface area (Å²) in [5.74, 6) is 0.488. The molecule has 2 bridgehead atoms. The van der Waals surface area contributed by atoms with Gasteiger partial charge in [-0.15, -0.1) is 0 Å². The second-order valence-corrected chi connectivity index (χ2v) is 6.29. The molecule has 2 aliphatic heterocycles. The molecule has 2 saturated heterocycles. The van der Waals surface area contributed by atoms with Gasteiger partial charge in [-0.05, 0) is 57.2 Å². The number of carbonyl (C=O) groups is 1. The third-order valence-electron chi connectivity index (χ3n) is 5.25. The highest BCUT2D eigenvalue weighted by atomic mass is 16.4. The summed E-state index contributed by atoms with van der Waals surface area (Å²) in [6.07, 6.45) is 5.63. The molecule has 0 amide bonds. The van der Waals surface area contributed by atoms with E-state index in [1.807, 2.05) is 0 Å². The van der Waals surface area contributed by atoms with E-state index in [4.69, 9.17) is 0 Å². The summed E-state index contributed by atoms with van der Waals surface area (Å²) >= 11 is 0. The molecule has 0 aromatic heterocycles. The lowest BCUT2D eigenvalue weighted by Crippen LogP contribution is -2.45. The van der Waals surface area contributed by atoms with Gasteiger partial charge in [0.25, 0.3) is 0 Å². The van der Waals surface area contributed by atoms with E-state index in [1.165, 1.54) is 32.5 Å². The van der Waals surface area contributed by atoms with E-state index in [-0.39, 0.29) is 5.92 Å². The van der Waals surface area contributed by atoms with Crippen molar-refractivity contribution >= 4 is 5.97 Å². The van der Waals surface area contributed by atoms with Crippen molar-refractivity contribution in [1.29, 1.82) is 0 Å². The van der Waals surface area contributed by atoms with Crippen molar-refractivity contribution in [2.45, 2.75) is 38.1 Å². The average Bonchev–Trinajstić information content (AvgIpc) is 2.96. The van der Waals surface area contributed by atoms with Crippen molar-refractivity contribution in [3.05, 3.63) is 0 Å². The average molecular weight is 252 g/mol. The van der Waals surface area contributed by atoms with Crippen molar-refractivity contribution in [2.75, 3.05) is 26.2 Å². The van der Waals surface area contributed by atoms with Crippen LogP contribution in [0.15, 0.2) is 0 Å². The molecule has 1 saturated carbocycles. The normalized spacial score (nSPS) is 43.2. The van der Waals surface area contributed by atoms with E-state index < -0.39 is 5.97 Å². The maximum absolute atomic E-state index is 11.2. The largest absolute Gasteiger partial charge is 0.481 e. The standard InChI is InChI=1S/C14H24N2O2/c17-14(18)12-3-1-2-10(12)8-15-13-5-7-16-6-4-11(13)9-16/h10-13,15H,1-9H2,(H,17,18). The molecule has 18 heavy (non-hydrogen) atoms. The maximum Gasteiger partial charge on any atom is 0.306 e. The number of aliphatic carboxylic acids is 1. The highest BCUT2D eigenvalue weighted by Gasteiger charge is 2.36. The van der Waals surface area contributed by atoms with E-state index in [9.17, 15) is 9.90 Å².